The Labute approximate surface area is 173 Å². The fourth-order valence-corrected chi connectivity index (χ4v) is 5.17. The normalized spacial score (nSPS) is 16.1. The van der Waals surface area contributed by atoms with Gasteiger partial charge in [-0.3, -0.25) is 4.79 Å². The standard InChI is InChI=1S/C19H19Cl2FN2O3S/c1-12-2-3-14(22)10-18(12)28(26,27)24-8-6-13(7-9-24)19(25)23-15-4-5-16(20)17(21)11-15/h2-5,10-11,13H,6-9H2,1H3,(H,23,25). The number of nitrogens with one attached hydrogen (secondary N) is 1. The van der Waals surface area contributed by atoms with Crippen LogP contribution in [0.3, 0.4) is 0 Å². The molecule has 0 atom stereocenters. The van der Waals surface area contributed by atoms with Gasteiger partial charge in [0.1, 0.15) is 5.82 Å². The Hall–Kier alpha value is -1.67. The van der Waals surface area contributed by atoms with Crippen molar-refractivity contribution in [2.45, 2.75) is 24.7 Å². The van der Waals surface area contributed by atoms with Gasteiger partial charge in [0.2, 0.25) is 15.9 Å². The van der Waals surface area contributed by atoms with Gasteiger partial charge in [-0.15, -0.1) is 0 Å². The summed E-state index contributed by atoms with van der Waals surface area (Å²) >= 11 is 11.8. The summed E-state index contributed by atoms with van der Waals surface area (Å²) in [6.45, 7) is 2.01. The maximum Gasteiger partial charge on any atom is 0.243 e. The maximum atomic E-state index is 13.5. The van der Waals surface area contributed by atoms with Crippen LogP contribution >= 0.6 is 23.2 Å². The number of carbonyl (C=O) groups excluding carboxylic acids is 1. The molecule has 1 aliphatic rings. The second kappa shape index (κ2) is 8.37. The summed E-state index contributed by atoms with van der Waals surface area (Å²) in [4.78, 5) is 12.4. The topological polar surface area (TPSA) is 66.5 Å². The van der Waals surface area contributed by atoms with Gasteiger partial charge < -0.3 is 5.32 Å². The second-order valence-electron chi connectivity index (χ2n) is 6.71. The van der Waals surface area contributed by atoms with Crippen molar-refractivity contribution in [2.24, 2.45) is 5.92 Å². The first-order valence-electron chi connectivity index (χ1n) is 8.70. The Morgan fingerprint density at radius 1 is 1.11 bits per heavy atom. The molecule has 0 spiro atoms. The van der Waals surface area contributed by atoms with Gasteiger partial charge in [-0.25, -0.2) is 12.8 Å². The van der Waals surface area contributed by atoms with Gasteiger partial charge in [0.15, 0.2) is 0 Å². The van der Waals surface area contributed by atoms with Gasteiger partial charge in [0.05, 0.1) is 14.9 Å². The third-order valence-corrected chi connectivity index (χ3v) is 7.56. The number of piperidine rings is 1. The van der Waals surface area contributed by atoms with Crippen molar-refractivity contribution >= 4 is 44.8 Å². The van der Waals surface area contributed by atoms with Gasteiger partial charge in [-0.2, -0.15) is 4.31 Å². The fourth-order valence-electron chi connectivity index (χ4n) is 3.17. The van der Waals surface area contributed by atoms with Crippen LogP contribution in [0.25, 0.3) is 0 Å². The zero-order valence-corrected chi connectivity index (χ0v) is 17.4. The predicted octanol–water partition coefficient (Wildman–Crippen LogP) is 4.48. The average molecular weight is 445 g/mol. The van der Waals surface area contributed by atoms with E-state index >= 15 is 0 Å². The first-order chi connectivity index (χ1) is 13.2. The molecule has 0 aliphatic carbocycles. The molecule has 3 rings (SSSR count). The first-order valence-corrected chi connectivity index (χ1v) is 10.9. The van der Waals surface area contributed by atoms with Gasteiger partial charge >= 0.3 is 0 Å². The summed E-state index contributed by atoms with van der Waals surface area (Å²) in [5.74, 6) is -1.12. The quantitative estimate of drug-likeness (QED) is 0.755. The van der Waals surface area contributed by atoms with Crippen LogP contribution in [0.2, 0.25) is 10.0 Å². The molecule has 0 bridgehead atoms. The smallest absolute Gasteiger partial charge is 0.243 e. The molecule has 1 fully saturated rings. The van der Waals surface area contributed by atoms with E-state index in [4.69, 9.17) is 23.2 Å². The molecule has 1 heterocycles. The monoisotopic (exact) mass is 444 g/mol. The summed E-state index contributed by atoms with van der Waals surface area (Å²) in [6.07, 6.45) is 0.751. The Kier molecular flexibility index (Phi) is 6.29. The van der Waals surface area contributed by atoms with Crippen molar-refractivity contribution in [3.05, 3.63) is 57.8 Å². The van der Waals surface area contributed by atoms with Crippen molar-refractivity contribution < 1.29 is 17.6 Å². The van der Waals surface area contributed by atoms with Crippen molar-refractivity contribution in [3.63, 3.8) is 0 Å². The molecule has 2 aromatic rings. The number of halogens is 3. The molecule has 0 saturated carbocycles. The molecule has 1 aliphatic heterocycles. The van der Waals surface area contributed by atoms with Crippen molar-refractivity contribution in [1.29, 1.82) is 0 Å². The lowest BCUT2D eigenvalue weighted by atomic mass is 9.97. The van der Waals surface area contributed by atoms with E-state index in [1.165, 1.54) is 16.4 Å². The van der Waals surface area contributed by atoms with Crippen molar-refractivity contribution in [2.75, 3.05) is 18.4 Å². The van der Waals surface area contributed by atoms with Gasteiger partial charge in [-0.1, -0.05) is 29.3 Å². The molecule has 1 N–H and O–H groups in total. The Morgan fingerprint density at radius 3 is 2.43 bits per heavy atom. The SMILES string of the molecule is Cc1ccc(F)cc1S(=O)(=O)N1CCC(C(=O)Nc2ccc(Cl)c(Cl)c2)CC1. The van der Waals surface area contributed by atoms with Crippen LogP contribution in [0.1, 0.15) is 18.4 Å². The molecular formula is C19H19Cl2FN2O3S. The number of anilines is 1. The zero-order chi connectivity index (χ0) is 20.5. The maximum absolute atomic E-state index is 13.5. The van der Waals surface area contributed by atoms with E-state index in [2.05, 4.69) is 5.32 Å². The van der Waals surface area contributed by atoms with Crippen LogP contribution in [0.15, 0.2) is 41.3 Å². The lowest BCUT2D eigenvalue weighted by Gasteiger charge is -2.31. The van der Waals surface area contributed by atoms with E-state index in [9.17, 15) is 17.6 Å². The molecule has 9 heteroatoms. The average Bonchev–Trinajstić information content (AvgIpc) is 2.66. The molecule has 1 amide bonds. The van der Waals surface area contributed by atoms with Crippen LogP contribution in [0, 0.1) is 18.7 Å². The first kappa shape index (κ1) is 21.0. The summed E-state index contributed by atoms with van der Waals surface area (Å²) in [6, 6.07) is 8.52. The second-order valence-corrected chi connectivity index (χ2v) is 9.43. The largest absolute Gasteiger partial charge is 0.326 e. The molecule has 28 heavy (non-hydrogen) atoms. The number of hydrogen-bond acceptors (Lipinski definition) is 3. The number of hydrogen-bond donors (Lipinski definition) is 1. The van der Waals surface area contributed by atoms with E-state index in [1.807, 2.05) is 0 Å². The molecule has 1 saturated heterocycles. The van der Waals surface area contributed by atoms with Crippen LogP contribution in [-0.2, 0) is 14.8 Å². The molecule has 0 aromatic heterocycles. The lowest BCUT2D eigenvalue weighted by molar-refractivity contribution is -0.120. The number of carbonyl (C=O) groups is 1. The Balaban J connectivity index is 1.65. The van der Waals surface area contributed by atoms with Crippen molar-refractivity contribution in [1.82, 2.24) is 4.31 Å². The number of rotatable bonds is 4. The van der Waals surface area contributed by atoms with Gasteiger partial charge in [-0.05, 0) is 55.7 Å². The minimum Gasteiger partial charge on any atom is -0.326 e. The van der Waals surface area contributed by atoms with Crippen LogP contribution < -0.4 is 5.32 Å². The summed E-state index contributed by atoms with van der Waals surface area (Å²) in [7, 11) is -3.80. The molecule has 5 nitrogen and oxygen atoms in total. The Bertz CT molecular complexity index is 1010. The zero-order valence-electron chi connectivity index (χ0n) is 15.1. The van der Waals surface area contributed by atoms with Gasteiger partial charge in [0.25, 0.3) is 0 Å². The van der Waals surface area contributed by atoms with Crippen LogP contribution in [0.5, 0.6) is 0 Å². The minimum atomic E-state index is -3.80. The van der Waals surface area contributed by atoms with E-state index in [0.29, 0.717) is 34.1 Å². The molecular weight excluding hydrogens is 426 g/mol. The lowest BCUT2D eigenvalue weighted by Crippen LogP contribution is -2.41. The minimum absolute atomic E-state index is 0.0359. The highest BCUT2D eigenvalue weighted by Crippen LogP contribution is 2.28. The molecule has 0 unspecified atom stereocenters. The number of aryl methyl sites for hydroxylation is 1. The van der Waals surface area contributed by atoms with Crippen LogP contribution in [-0.4, -0.2) is 31.7 Å². The highest BCUT2D eigenvalue weighted by atomic mass is 35.5. The fraction of sp³-hybridized carbons (Fsp3) is 0.316. The number of amides is 1. The number of benzene rings is 2. The predicted molar refractivity (Wildman–Crippen MR) is 108 cm³/mol. The number of nitrogens with zero attached hydrogens (tertiary/aromatic N) is 1. The number of sulfonamides is 1. The summed E-state index contributed by atoms with van der Waals surface area (Å²) < 4.78 is 40.5. The summed E-state index contributed by atoms with van der Waals surface area (Å²) in [5.41, 5.74) is 1.02. The van der Waals surface area contributed by atoms with Crippen molar-refractivity contribution in [3.8, 4) is 0 Å². The Morgan fingerprint density at radius 2 is 1.79 bits per heavy atom. The third-order valence-electron chi connectivity index (χ3n) is 4.78. The van der Waals surface area contributed by atoms with E-state index in [1.54, 1.807) is 25.1 Å². The van der Waals surface area contributed by atoms with Crippen LogP contribution in [0.4, 0.5) is 10.1 Å². The summed E-state index contributed by atoms with van der Waals surface area (Å²) in [5, 5.41) is 3.51. The van der Waals surface area contributed by atoms with Gasteiger partial charge in [0, 0.05) is 24.7 Å². The van der Waals surface area contributed by atoms with E-state index in [0.717, 1.165) is 6.07 Å². The third kappa shape index (κ3) is 4.49. The highest BCUT2D eigenvalue weighted by Gasteiger charge is 2.33. The van der Waals surface area contributed by atoms with E-state index < -0.39 is 15.8 Å². The molecule has 0 radical (unpaired) electrons. The highest BCUT2D eigenvalue weighted by molar-refractivity contribution is 7.89. The molecule has 150 valence electrons. The van der Waals surface area contributed by atoms with E-state index in [-0.39, 0.29) is 29.8 Å². The molecule has 2 aromatic carbocycles.